The lowest BCUT2D eigenvalue weighted by Gasteiger charge is -2.40. The predicted molar refractivity (Wildman–Crippen MR) is 109 cm³/mol. The fourth-order valence-electron chi connectivity index (χ4n) is 3.94. The summed E-state index contributed by atoms with van der Waals surface area (Å²) in [6.07, 6.45) is 2.25. The highest BCUT2D eigenvalue weighted by Gasteiger charge is 2.41. The number of guanidine groups is 1. The Bertz CT molecular complexity index is 762. The van der Waals surface area contributed by atoms with E-state index in [1.165, 1.54) is 5.56 Å². The number of nitrogens with zero attached hydrogens (tertiary/aromatic N) is 2. The predicted octanol–water partition coefficient (Wildman–Crippen LogP) is 2.24. The second-order valence-electron chi connectivity index (χ2n) is 8.03. The maximum Gasteiger partial charge on any atom is 0.193 e. The van der Waals surface area contributed by atoms with Gasteiger partial charge in [0.2, 0.25) is 0 Å². The number of sulfone groups is 1. The van der Waals surface area contributed by atoms with Crippen molar-refractivity contribution in [3.05, 3.63) is 35.9 Å². The molecule has 1 aromatic rings. The Balaban J connectivity index is 1.65. The van der Waals surface area contributed by atoms with Crippen molar-refractivity contribution in [3.8, 4) is 0 Å². The Labute approximate surface area is 162 Å². The third kappa shape index (κ3) is 4.46. The van der Waals surface area contributed by atoms with E-state index in [-0.39, 0.29) is 11.9 Å². The lowest BCUT2D eigenvalue weighted by molar-refractivity contribution is -0.0266. The molecule has 7 heteroatoms. The van der Waals surface area contributed by atoms with E-state index in [0.29, 0.717) is 19.0 Å². The van der Waals surface area contributed by atoms with Crippen LogP contribution >= 0.6 is 0 Å². The van der Waals surface area contributed by atoms with Crippen LogP contribution < -0.4 is 5.32 Å². The third-order valence-corrected chi connectivity index (χ3v) is 8.18. The van der Waals surface area contributed by atoms with Gasteiger partial charge in [-0.25, -0.2) is 8.42 Å². The van der Waals surface area contributed by atoms with Crippen molar-refractivity contribution in [2.45, 2.75) is 37.5 Å². The quantitative estimate of drug-likeness (QED) is 0.630. The summed E-state index contributed by atoms with van der Waals surface area (Å²) in [7, 11) is -1.31. The van der Waals surface area contributed by atoms with Gasteiger partial charge in [-0.15, -0.1) is 0 Å². The van der Waals surface area contributed by atoms with E-state index in [2.05, 4.69) is 27.3 Å². The first-order chi connectivity index (χ1) is 12.8. The van der Waals surface area contributed by atoms with Crippen LogP contribution in [0.25, 0.3) is 0 Å². The van der Waals surface area contributed by atoms with Gasteiger partial charge in [-0.2, -0.15) is 0 Å². The molecular formula is C20H31N3O3S. The number of hydrogen-bond donors (Lipinski definition) is 1. The topological polar surface area (TPSA) is 71.0 Å². The van der Waals surface area contributed by atoms with Crippen molar-refractivity contribution < 1.29 is 13.2 Å². The summed E-state index contributed by atoms with van der Waals surface area (Å²) in [5, 5.41) is 3.47. The van der Waals surface area contributed by atoms with Crippen LogP contribution in [0.2, 0.25) is 0 Å². The Morgan fingerprint density at radius 2 is 2.07 bits per heavy atom. The summed E-state index contributed by atoms with van der Waals surface area (Å²) in [6.45, 7) is 6.08. The summed E-state index contributed by atoms with van der Waals surface area (Å²) in [4.78, 5) is 6.46. The molecule has 0 saturated carbocycles. The van der Waals surface area contributed by atoms with Gasteiger partial charge in [0.1, 0.15) is 0 Å². The minimum Gasteiger partial charge on any atom is -0.373 e. The van der Waals surface area contributed by atoms with Crippen molar-refractivity contribution in [3.63, 3.8) is 0 Å². The lowest BCUT2D eigenvalue weighted by atomic mass is 9.89. The molecule has 0 aromatic heterocycles. The zero-order chi connectivity index (χ0) is 19.5. The van der Waals surface area contributed by atoms with Crippen molar-refractivity contribution >= 4 is 15.8 Å². The van der Waals surface area contributed by atoms with E-state index in [1.54, 1.807) is 20.9 Å². The molecule has 1 N–H and O–H groups in total. The first kappa shape index (κ1) is 20.1. The van der Waals surface area contributed by atoms with Gasteiger partial charge in [0.05, 0.1) is 16.6 Å². The van der Waals surface area contributed by atoms with Crippen LogP contribution in [0.4, 0.5) is 0 Å². The Hall–Kier alpha value is -1.60. The van der Waals surface area contributed by atoms with Crippen LogP contribution in [0.1, 0.15) is 38.4 Å². The van der Waals surface area contributed by atoms with E-state index < -0.39 is 14.6 Å². The molecule has 6 nitrogen and oxygen atoms in total. The van der Waals surface area contributed by atoms with E-state index >= 15 is 0 Å². The molecule has 150 valence electrons. The zero-order valence-electron chi connectivity index (χ0n) is 16.5. The van der Waals surface area contributed by atoms with Gasteiger partial charge in [0.25, 0.3) is 0 Å². The fraction of sp³-hybridized carbons (Fsp3) is 0.650. The van der Waals surface area contributed by atoms with Crippen LogP contribution in [0.3, 0.4) is 0 Å². The number of benzene rings is 1. The van der Waals surface area contributed by atoms with Crippen molar-refractivity contribution in [2.24, 2.45) is 10.9 Å². The van der Waals surface area contributed by atoms with Crippen LogP contribution in [0, 0.1) is 5.92 Å². The largest absolute Gasteiger partial charge is 0.373 e. The molecule has 2 aliphatic rings. The standard InChI is InChI=1S/C20H31N3O3S/c1-20(2)15-23(11-13-27(20,24)25)19(21-3)22-14-17-10-7-12-26-18(17)16-8-5-4-6-9-16/h4-6,8-9,17-18H,7,10-15H2,1-3H3,(H,21,22). The summed E-state index contributed by atoms with van der Waals surface area (Å²) in [5.41, 5.74) is 1.21. The highest BCUT2D eigenvalue weighted by Crippen LogP contribution is 2.33. The number of rotatable bonds is 3. The van der Waals surface area contributed by atoms with Crippen molar-refractivity contribution in [1.82, 2.24) is 10.2 Å². The van der Waals surface area contributed by atoms with Crippen LogP contribution in [0.5, 0.6) is 0 Å². The lowest BCUT2D eigenvalue weighted by Crippen LogP contribution is -2.57. The molecule has 2 aliphatic heterocycles. The Kier molecular flexibility index (Phi) is 6.11. The minimum absolute atomic E-state index is 0.0868. The molecule has 2 fully saturated rings. The number of hydrogen-bond acceptors (Lipinski definition) is 4. The molecule has 27 heavy (non-hydrogen) atoms. The molecular weight excluding hydrogens is 362 g/mol. The average Bonchev–Trinajstić information content (AvgIpc) is 2.66. The first-order valence-electron chi connectivity index (χ1n) is 9.68. The molecule has 0 radical (unpaired) electrons. The summed E-state index contributed by atoms with van der Waals surface area (Å²) < 4.78 is 29.8. The molecule has 0 spiro atoms. The smallest absolute Gasteiger partial charge is 0.193 e. The zero-order valence-corrected chi connectivity index (χ0v) is 17.3. The number of nitrogens with one attached hydrogen (secondary N) is 1. The van der Waals surface area contributed by atoms with Gasteiger partial charge < -0.3 is 15.0 Å². The van der Waals surface area contributed by atoms with Crippen molar-refractivity contribution in [2.75, 3.05) is 39.0 Å². The summed E-state index contributed by atoms with van der Waals surface area (Å²) >= 11 is 0. The number of ether oxygens (including phenoxy) is 1. The van der Waals surface area contributed by atoms with Gasteiger partial charge in [0, 0.05) is 39.2 Å². The van der Waals surface area contributed by atoms with E-state index in [9.17, 15) is 8.42 Å². The molecule has 2 unspecified atom stereocenters. The summed E-state index contributed by atoms with van der Waals surface area (Å²) in [6, 6.07) is 10.4. The van der Waals surface area contributed by atoms with Gasteiger partial charge >= 0.3 is 0 Å². The minimum atomic E-state index is -3.06. The molecule has 2 atom stereocenters. The molecule has 1 aromatic carbocycles. The molecule has 3 rings (SSSR count). The van der Waals surface area contributed by atoms with E-state index in [0.717, 1.165) is 32.0 Å². The van der Waals surface area contributed by atoms with Gasteiger partial charge in [-0.3, -0.25) is 4.99 Å². The maximum atomic E-state index is 12.3. The van der Waals surface area contributed by atoms with Crippen LogP contribution in [0.15, 0.2) is 35.3 Å². The van der Waals surface area contributed by atoms with Gasteiger partial charge in [-0.05, 0) is 32.3 Å². The maximum absolute atomic E-state index is 12.3. The Morgan fingerprint density at radius 3 is 2.74 bits per heavy atom. The normalized spacial score (nSPS) is 28.0. The van der Waals surface area contributed by atoms with Crippen LogP contribution in [-0.2, 0) is 14.6 Å². The van der Waals surface area contributed by atoms with Gasteiger partial charge in [0.15, 0.2) is 15.8 Å². The SMILES string of the molecule is CN=C(NCC1CCCOC1c1ccccc1)N1CCS(=O)(=O)C(C)(C)C1. The molecule has 2 saturated heterocycles. The second-order valence-corrected chi connectivity index (χ2v) is 10.8. The fourth-order valence-corrected chi connectivity index (χ4v) is 5.31. The molecule has 2 heterocycles. The third-order valence-electron chi connectivity index (χ3n) is 5.65. The molecule has 0 aliphatic carbocycles. The Morgan fingerprint density at radius 1 is 1.33 bits per heavy atom. The highest BCUT2D eigenvalue weighted by atomic mass is 32.2. The van der Waals surface area contributed by atoms with Crippen LogP contribution in [-0.4, -0.2) is 63.1 Å². The molecule has 0 amide bonds. The summed E-state index contributed by atoms with van der Waals surface area (Å²) in [5.74, 6) is 1.30. The van der Waals surface area contributed by atoms with E-state index in [4.69, 9.17) is 4.74 Å². The molecule has 0 bridgehead atoms. The monoisotopic (exact) mass is 393 g/mol. The first-order valence-corrected chi connectivity index (χ1v) is 11.3. The second kappa shape index (κ2) is 8.19. The van der Waals surface area contributed by atoms with E-state index in [1.807, 2.05) is 18.2 Å². The number of aliphatic imine (C=N–C) groups is 1. The van der Waals surface area contributed by atoms with Gasteiger partial charge in [-0.1, -0.05) is 30.3 Å². The highest BCUT2D eigenvalue weighted by molar-refractivity contribution is 7.92. The van der Waals surface area contributed by atoms with Crippen molar-refractivity contribution in [1.29, 1.82) is 0 Å². The average molecular weight is 394 g/mol.